The highest BCUT2D eigenvalue weighted by Crippen LogP contribution is 2.61. The molecule has 20 heteroatoms. The van der Waals surface area contributed by atoms with Crippen LogP contribution in [0.2, 0.25) is 0 Å². The maximum atomic E-state index is 13.7. The Morgan fingerprint density at radius 2 is 0.882 bits per heavy atom. The van der Waals surface area contributed by atoms with Crippen LogP contribution in [-0.2, 0) is 76.3 Å². The molecule has 0 unspecified atom stereocenters. The Morgan fingerprint density at radius 3 is 1.37 bits per heavy atom. The molecule has 0 amide bonds. The Balaban J connectivity index is 1.60. The Hall–Kier alpha value is -7.12. The number of aliphatic imine (C=N–C) groups is 4. The van der Waals surface area contributed by atoms with Crippen molar-refractivity contribution >= 4 is 70.6 Å². The summed E-state index contributed by atoms with van der Waals surface area (Å²) in [5, 5.41) is 0. The zero-order valence-corrected chi connectivity index (χ0v) is 39.1. The van der Waals surface area contributed by atoms with Crippen molar-refractivity contribution in [3.8, 4) is 0 Å². The van der Waals surface area contributed by atoms with E-state index in [2.05, 4.69) is 0 Å². The zero-order valence-electron chi connectivity index (χ0n) is 39.1. The summed E-state index contributed by atoms with van der Waals surface area (Å²) in [5.41, 5.74) is -2.63. The van der Waals surface area contributed by atoms with Crippen LogP contribution in [0.25, 0.3) is 0 Å². The Bertz CT molecular complexity index is 2640. The molecule has 0 radical (unpaired) electrons. The first-order chi connectivity index (χ1) is 32.3. The Kier molecular flexibility index (Phi) is 13.5. The fraction of sp³-hybridized carbons (Fsp3) is 0.500. The van der Waals surface area contributed by atoms with Gasteiger partial charge in [0.1, 0.15) is 0 Å². The highest BCUT2D eigenvalue weighted by atomic mass is 16.6. The van der Waals surface area contributed by atoms with Gasteiger partial charge in [0, 0.05) is 38.5 Å². The van der Waals surface area contributed by atoms with Crippen LogP contribution in [0.15, 0.2) is 89.4 Å². The Labute approximate surface area is 390 Å². The van der Waals surface area contributed by atoms with Crippen LogP contribution in [0, 0.1) is 10.8 Å². The van der Waals surface area contributed by atoms with E-state index in [1.165, 1.54) is 42.7 Å². The van der Waals surface area contributed by atoms with Crippen molar-refractivity contribution in [1.29, 1.82) is 0 Å². The Morgan fingerprint density at radius 1 is 0.485 bits per heavy atom. The van der Waals surface area contributed by atoms with Gasteiger partial charge in [-0.2, -0.15) is 0 Å². The third-order valence-electron chi connectivity index (χ3n) is 13.9. The van der Waals surface area contributed by atoms with Crippen LogP contribution >= 0.6 is 0 Å². The molecule has 7 aliphatic heterocycles. The minimum absolute atomic E-state index is 0.00482. The first-order valence-corrected chi connectivity index (χ1v) is 21.9. The van der Waals surface area contributed by atoms with Gasteiger partial charge in [-0.25, -0.2) is 9.98 Å². The number of methoxy groups -OCH3 is 6. The van der Waals surface area contributed by atoms with Gasteiger partial charge in [-0.1, -0.05) is 0 Å². The summed E-state index contributed by atoms with van der Waals surface area (Å²) >= 11 is 0. The highest BCUT2D eigenvalue weighted by molar-refractivity contribution is 6.19. The second-order valence-electron chi connectivity index (χ2n) is 17.5. The molecule has 7 aliphatic rings. The van der Waals surface area contributed by atoms with E-state index in [0.717, 1.165) is 0 Å². The zero-order chi connectivity index (χ0) is 49.3. The van der Waals surface area contributed by atoms with Gasteiger partial charge in [-0.15, -0.1) is 0 Å². The molecule has 0 N–H and O–H groups in total. The number of esters is 8. The summed E-state index contributed by atoms with van der Waals surface area (Å²) in [4.78, 5) is 126. The number of fused-ring (bicyclic) bond motifs is 10. The molecule has 360 valence electrons. The monoisotopic (exact) mass is 940 g/mol. The molecule has 20 nitrogen and oxygen atoms in total. The summed E-state index contributed by atoms with van der Waals surface area (Å²) in [6.07, 6.45) is 4.40. The maximum absolute atomic E-state index is 13.7. The number of ether oxygens (including phenoxy) is 8. The summed E-state index contributed by atoms with van der Waals surface area (Å²) in [7, 11) is 7.40. The van der Waals surface area contributed by atoms with Gasteiger partial charge in [0.15, 0.2) is 11.2 Å². The van der Waals surface area contributed by atoms with Crippen LogP contribution < -0.4 is 0 Å². The lowest BCUT2D eigenvalue weighted by molar-refractivity contribution is -0.151. The lowest BCUT2D eigenvalue weighted by atomic mass is 9.66. The largest absolute Gasteiger partial charge is 0.469 e. The lowest BCUT2D eigenvalue weighted by Gasteiger charge is -2.37. The quantitative estimate of drug-likeness (QED) is 0.155. The van der Waals surface area contributed by atoms with Crippen molar-refractivity contribution < 1.29 is 76.3 Å². The normalized spacial score (nSPS) is 26.4. The number of carbonyl (C=O) groups excluding carboxylic acids is 8. The molecule has 0 aliphatic carbocycles. The van der Waals surface area contributed by atoms with Gasteiger partial charge in [0.2, 0.25) is 0 Å². The summed E-state index contributed by atoms with van der Waals surface area (Å²) in [6, 6.07) is 0. The van der Waals surface area contributed by atoms with Crippen LogP contribution in [0.5, 0.6) is 0 Å². The van der Waals surface area contributed by atoms with Crippen molar-refractivity contribution in [3.05, 3.63) is 69.4 Å². The van der Waals surface area contributed by atoms with Crippen molar-refractivity contribution in [2.75, 3.05) is 42.7 Å². The molecule has 8 bridgehead atoms. The van der Waals surface area contributed by atoms with E-state index in [1.807, 2.05) is 0 Å². The van der Waals surface area contributed by atoms with Crippen molar-refractivity contribution in [3.63, 3.8) is 0 Å². The van der Waals surface area contributed by atoms with Crippen LogP contribution in [-0.4, -0.2) is 124 Å². The van der Waals surface area contributed by atoms with E-state index in [0.29, 0.717) is 22.3 Å². The number of hydrogen-bond acceptors (Lipinski definition) is 20. The lowest BCUT2D eigenvalue weighted by Crippen LogP contribution is -2.47. The molecule has 2 saturated heterocycles. The van der Waals surface area contributed by atoms with E-state index < -0.39 is 69.8 Å². The second kappa shape index (κ2) is 18.9. The van der Waals surface area contributed by atoms with E-state index in [4.69, 9.17) is 57.9 Å². The minimum Gasteiger partial charge on any atom is -0.469 e. The van der Waals surface area contributed by atoms with Crippen molar-refractivity contribution in [2.24, 2.45) is 30.8 Å². The van der Waals surface area contributed by atoms with Crippen molar-refractivity contribution in [1.82, 2.24) is 0 Å². The number of rotatable bonds is 16. The van der Waals surface area contributed by atoms with Gasteiger partial charge in [0.05, 0.1) is 125 Å². The number of allylic oxidation sites excluding steroid dienone is 7. The molecule has 0 aromatic heterocycles. The third kappa shape index (κ3) is 8.44. The molecule has 7 heterocycles. The predicted octanol–water partition coefficient (Wildman–Crippen LogP) is 4.27. The fourth-order valence-corrected chi connectivity index (χ4v) is 10.0. The molecular formula is C48H52N4O16. The molecular weight excluding hydrogens is 889 g/mol. The SMILES string of the molecule is COC(=O)CCC1=C(CC(=O)OC)C2=NC1=CC1=NC(=CC3=NC(=CC4=NC(=C2)[C@]2(CCC(=O)OC)OC(=O)C[C@]42C)[C@]2(CCC(=O)OC)OC(=O)C[C@]32C)C(CC(=O)OC)=C1CCC(=O)OC. The number of nitrogens with zero attached hydrogens (tertiary/aromatic N) is 4. The molecule has 0 aromatic carbocycles. The highest BCUT2D eigenvalue weighted by Gasteiger charge is 2.68. The van der Waals surface area contributed by atoms with E-state index in [9.17, 15) is 38.4 Å². The minimum atomic E-state index is -1.64. The summed E-state index contributed by atoms with van der Waals surface area (Å²) < 4.78 is 42.9. The number of hydrogen-bond donors (Lipinski definition) is 0. The average Bonchev–Trinajstić information content (AvgIpc) is 4.07. The fourth-order valence-electron chi connectivity index (χ4n) is 10.0. The second-order valence-corrected chi connectivity index (χ2v) is 17.5. The standard InChI is InChI=1S/C48H52N4O16/c1-45-23-43(59)68-48(45,16-14-40(56)64-6)36-22-34-46(2)24-44(60)67-47(46,15-13-39(55)63-5)35(52-34)21-32-28(18-42(58)66-8)26(10-12-38(54)62-4)30(50-32)19-29-25(9-11-37(53)61-3)27(17-41(57)65-7)31(49-29)20-33(45)51-36/h19-22H,9-18,23-24H2,1-8H3/t45-,46-,47+,48+/m1/s1. The predicted molar refractivity (Wildman–Crippen MR) is 237 cm³/mol. The van der Waals surface area contributed by atoms with Gasteiger partial charge in [-0.05, 0) is 73.3 Å². The summed E-state index contributed by atoms with van der Waals surface area (Å²) in [5.74, 6) is -4.80. The molecule has 4 atom stereocenters. The first-order valence-electron chi connectivity index (χ1n) is 21.9. The van der Waals surface area contributed by atoms with Crippen LogP contribution in [0.4, 0.5) is 0 Å². The first kappa shape index (κ1) is 48.8. The van der Waals surface area contributed by atoms with Gasteiger partial charge < -0.3 is 37.9 Å². The van der Waals surface area contributed by atoms with E-state index >= 15 is 0 Å². The third-order valence-corrected chi connectivity index (χ3v) is 13.9. The van der Waals surface area contributed by atoms with Crippen molar-refractivity contribution in [2.45, 2.75) is 102 Å². The molecule has 68 heavy (non-hydrogen) atoms. The van der Waals surface area contributed by atoms with Crippen LogP contribution in [0.1, 0.15) is 90.9 Å². The molecule has 7 rings (SSSR count). The average molecular weight is 941 g/mol. The molecule has 0 spiro atoms. The smallest absolute Gasteiger partial charge is 0.310 e. The molecule has 0 saturated carbocycles. The molecule has 2 fully saturated rings. The van der Waals surface area contributed by atoms with E-state index in [-0.39, 0.29) is 123 Å². The number of carbonyl (C=O) groups is 8. The van der Waals surface area contributed by atoms with Gasteiger partial charge in [-0.3, -0.25) is 48.3 Å². The maximum Gasteiger partial charge on any atom is 0.310 e. The molecule has 0 aromatic rings. The van der Waals surface area contributed by atoms with Gasteiger partial charge >= 0.3 is 47.8 Å². The summed E-state index contributed by atoms with van der Waals surface area (Å²) in [6.45, 7) is 3.52. The van der Waals surface area contributed by atoms with E-state index in [1.54, 1.807) is 38.2 Å². The van der Waals surface area contributed by atoms with Gasteiger partial charge in [0.25, 0.3) is 0 Å². The topological polar surface area (TPSA) is 260 Å². The van der Waals surface area contributed by atoms with Crippen LogP contribution in [0.3, 0.4) is 0 Å².